The Bertz CT molecular complexity index is 835. The molecule has 2 aliphatic heterocycles. The van der Waals surface area contributed by atoms with Crippen molar-refractivity contribution in [3.8, 4) is 0 Å². The summed E-state index contributed by atoms with van der Waals surface area (Å²) in [5.74, 6) is -0.180. The normalized spacial score (nSPS) is 27.4. The number of amides is 1. The first-order chi connectivity index (χ1) is 14.6. The summed E-state index contributed by atoms with van der Waals surface area (Å²) in [5.41, 5.74) is 1.76. The lowest BCUT2D eigenvalue weighted by molar-refractivity contribution is -0.0209. The zero-order chi connectivity index (χ0) is 21.1. The number of aliphatic hydroxyl groups excluding tert-OH is 2. The van der Waals surface area contributed by atoms with Crippen LogP contribution in [0.25, 0.3) is 0 Å². The monoisotopic (exact) mass is 414 g/mol. The lowest BCUT2D eigenvalue weighted by atomic mass is 10.0. The second-order valence-electron chi connectivity index (χ2n) is 7.95. The zero-order valence-electron chi connectivity index (χ0n) is 17.2. The number of nitrogens with one attached hydrogen (secondary N) is 1. The van der Waals surface area contributed by atoms with Crippen LogP contribution in [0, 0.1) is 0 Å². The Morgan fingerprint density at radius 3 is 2.47 bits per heavy atom. The molecule has 0 spiro atoms. The average Bonchev–Trinajstić information content (AvgIpc) is 3.35. The number of hydrogen-bond acceptors (Lipinski definition) is 6. The molecule has 1 aromatic carbocycles. The SMILES string of the molecule is Cn1cccc1C(=O)NC[C@H]1O[C@@H](CO)[C@@H](O)[C@H]1N1CCN(c2ccccc2)CC1. The molecular formula is C22H30N4O4. The van der Waals surface area contributed by atoms with Gasteiger partial charge in [0.1, 0.15) is 17.9 Å². The molecule has 0 unspecified atom stereocenters. The van der Waals surface area contributed by atoms with E-state index in [1.807, 2.05) is 37.5 Å². The highest BCUT2D eigenvalue weighted by Crippen LogP contribution is 2.27. The van der Waals surface area contributed by atoms with Crippen LogP contribution >= 0.6 is 0 Å². The van der Waals surface area contributed by atoms with Crippen molar-refractivity contribution in [2.24, 2.45) is 7.05 Å². The van der Waals surface area contributed by atoms with E-state index in [9.17, 15) is 15.0 Å². The quantitative estimate of drug-likeness (QED) is 0.620. The summed E-state index contributed by atoms with van der Waals surface area (Å²) in [6, 6.07) is 13.6. The van der Waals surface area contributed by atoms with Gasteiger partial charge < -0.3 is 29.7 Å². The van der Waals surface area contributed by atoms with E-state index in [2.05, 4.69) is 27.2 Å². The highest BCUT2D eigenvalue weighted by molar-refractivity contribution is 5.92. The molecule has 2 aromatic rings. The number of hydrogen-bond donors (Lipinski definition) is 3. The van der Waals surface area contributed by atoms with Crippen molar-refractivity contribution in [3.63, 3.8) is 0 Å². The molecule has 2 aliphatic rings. The molecule has 0 saturated carbocycles. The van der Waals surface area contributed by atoms with Crippen LogP contribution in [0.5, 0.6) is 0 Å². The summed E-state index contributed by atoms with van der Waals surface area (Å²) in [6.07, 6.45) is 0.000566. The summed E-state index contributed by atoms with van der Waals surface area (Å²) < 4.78 is 7.68. The topological polar surface area (TPSA) is 90.2 Å². The molecule has 8 heteroatoms. The first-order valence-corrected chi connectivity index (χ1v) is 10.5. The zero-order valence-corrected chi connectivity index (χ0v) is 17.2. The summed E-state index contributed by atoms with van der Waals surface area (Å²) in [6.45, 7) is 3.28. The fraction of sp³-hybridized carbons (Fsp3) is 0.500. The van der Waals surface area contributed by atoms with Crippen LogP contribution in [0.1, 0.15) is 10.5 Å². The predicted molar refractivity (Wildman–Crippen MR) is 114 cm³/mol. The van der Waals surface area contributed by atoms with E-state index in [-0.39, 0.29) is 31.2 Å². The molecule has 1 amide bonds. The molecule has 162 valence electrons. The van der Waals surface area contributed by atoms with Gasteiger partial charge in [-0.1, -0.05) is 18.2 Å². The van der Waals surface area contributed by atoms with Gasteiger partial charge in [-0.05, 0) is 24.3 Å². The lowest BCUT2D eigenvalue weighted by Crippen LogP contribution is -2.57. The molecular weight excluding hydrogens is 384 g/mol. The van der Waals surface area contributed by atoms with E-state index in [0.717, 1.165) is 26.2 Å². The minimum atomic E-state index is -0.796. The van der Waals surface area contributed by atoms with Crippen LogP contribution in [-0.4, -0.2) is 89.3 Å². The number of ether oxygens (including phenoxy) is 1. The number of anilines is 1. The molecule has 3 heterocycles. The van der Waals surface area contributed by atoms with Gasteiger partial charge in [0.2, 0.25) is 0 Å². The third kappa shape index (κ3) is 4.22. The smallest absolute Gasteiger partial charge is 0.267 e. The fourth-order valence-electron chi connectivity index (χ4n) is 4.49. The van der Waals surface area contributed by atoms with E-state index in [1.54, 1.807) is 10.6 Å². The molecule has 0 aliphatic carbocycles. The molecule has 1 aromatic heterocycles. The van der Waals surface area contributed by atoms with Gasteiger partial charge >= 0.3 is 0 Å². The van der Waals surface area contributed by atoms with Gasteiger partial charge in [0.05, 0.1) is 18.8 Å². The summed E-state index contributed by atoms with van der Waals surface area (Å²) >= 11 is 0. The molecule has 0 bridgehead atoms. The minimum absolute atomic E-state index is 0.180. The van der Waals surface area contributed by atoms with E-state index in [0.29, 0.717) is 5.69 Å². The van der Waals surface area contributed by atoms with Gasteiger partial charge in [-0.15, -0.1) is 0 Å². The van der Waals surface area contributed by atoms with Crippen LogP contribution in [-0.2, 0) is 11.8 Å². The van der Waals surface area contributed by atoms with Crippen LogP contribution < -0.4 is 10.2 Å². The van der Waals surface area contributed by atoms with E-state index in [1.165, 1.54) is 5.69 Å². The first-order valence-electron chi connectivity index (χ1n) is 10.5. The van der Waals surface area contributed by atoms with Gasteiger partial charge in [0, 0.05) is 51.7 Å². The second-order valence-corrected chi connectivity index (χ2v) is 7.95. The number of aryl methyl sites for hydroxylation is 1. The molecule has 2 fully saturated rings. The van der Waals surface area contributed by atoms with Crippen LogP contribution in [0.4, 0.5) is 5.69 Å². The van der Waals surface area contributed by atoms with Gasteiger partial charge in [-0.2, -0.15) is 0 Å². The number of piperazine rings is 1. The van der Waals surface area contributed by atoms with Crippen molar-refractivity contribution in [1.82, 2.24) is 14.8 Å². The third-order valence-corrected chi connectivity index (χ3v) is 6.14. The van der Waals surface area contributed by atoms with Crippen molar-refractivity contribution in [2.75, 3.05) is 44.2 Å². The van der Waals surface area contributed by atoms with Crippen LogP contribution in [0.15, 0.2) is 48.7 Å². The van der Waals surface area contributed by atoms with E-state index >= 15 is 0 Å². The maximum Gasteiger partial charge on any atom is 0.267 e. The molecule has 2 saturated heterocycles. The van der Waals surface area contributed by atoms with Crippen molar-refractivity contribution in [3.05, 3.63) is 54.4 Å². The van der Waals surface area contributed by atoms with Crippen molar-refractivity contribution in [2.45, 2.75) is 24.4 Å². The second kappa shape index (κ2) is 9.18. The Hall–Kier alpha value is -2.39. The Labute approximate surface area is 176 Å². The molecule has 8 nitrogen and oxygen atoms in total. The number of carbonyl (C=O) groups is 1. The van der Waals surface area contributed by atoms with E-state index in [4.69, 9.17) is 4.74 Å². The van der Waals surface area contributed by atoms with Gasteiger partial charge in [0.15, 0.2) is 0 Å². The van der Waals surface area contributed by atoms with E-state index < -0.39 is 12.2 Å². The maximum absolute atomic E-state index is 12.5. The number of aliphatic hydroxyl groups is 2. The van der Waals surface area contributed by atoms with Crippen molar-refractivity contribution in [1.29, 1.82) is 0 Å². The lowest BCUT2D eigenvalue weighted by Gasteiger charge is -2.41. The minimum Gasteiger partial charge on any atom is -0.394 e. The van der Waals surface area contributed by atoms with Crippen LogP contribution in [0.3, 0.4) is 0 Å². The number of nitrogens with zero attached hydrogens (tertiary/aromatic N) is 3. The fourth-order valence-corrected chi connectivity index (χ4v) is 4.49. The Morgan fingerprint density at radius 1 is 1.10 bits per heavy atom. The maximum atomic E-state index is 12.5. The number of benzene rings is 1. The van der Waals surface area contributed by atoms with Gasteiger partial charge in [-0.3, -0.25) is 9.69 Å². The highest BCUT2D eigenvalue weighted by atomic mass is 16.5. The standard InChI is InChI=1S/C22H30N4O4/c1-24-9-5-8-17(24)22(29)23-14-18-20(21(28)19(15-27)30-18)26-12-10-25(11-13-26)16-6-3-2-4-7-16/h2-9,18-21,27-28H,10-15H2,1H3,(H,23,29)/t18-,19+,20+,21-/m1/s1. The number of rotatable bonds is 6. The van der Waals surface area contributed by atoms with Gasteiger partial charge in [-0.25, -0.2) is 0 Å². The third-order valence-electron chi connectivity index (χ3n) is 6.14. The van der Waals surface area contributed by atoms with Crippen molar-refractivity contribution < 1.29 is 19.7 Å². The molecule has 4 atom stereocenters. The average molecular weight is 415 g/mol. The highest BCUT2D eigenvalue weighted by Gasteiger charge is 2.46. The number of para-hydroxylation sites is 1. The molecule has 0 radical (unpaired) electrons. The number of carbonyl (C=O) groups excluding carboxylic acids is 1. The van der Waals surface area contributed by atoms with Crippen LogP contribution in [0.2, 0.25) is 0 Å². The predicted octanol–water partition coefficient (Wildman–Crippen LogP) is 0.0663. The Kier molecular flexibility index (Phi) is 6.38. The largest absolute Gasteiger partial charge is 0.394 e. The molecule has 4 rings (SSSR count). The first kappa shape index (κ1) is 20.9. The number of aromatic nitrogens is 1. The summed E-state index contributed by atoms with van der Waals surface area (Å²) in [5, 5.41) is 23.3. The Balaban J connectivity index is 1.39. The van der Waals surface area contributed by atoms with Crippen molar-refractivity contribution >= 4 is 11.6 Å². The van der Waals surface area contributed by atoms with Gasteiger partial charge in [0.25, 0.3) is 5.91 Å². The molecule has 30 heavy (non-hydrogen) atoms. The summed E-state index contributed by atoms with van der Waals surface area (Å²) in [4.78, 5) is 17.0. The molecule has 3 N–H and O–H groups in total. The summed E-state index contributed by atoms with van der Waals surface area (Å²) in [7, 11) is 1.82. The Morgan fingerprint density at radius 2 is 1.83 bits per heavy atom.